The van der Waals surface area contributed by atoms with Gasteiger partial charge < -0.3 is 9.74 Å². The summed E-state index contributed by atoms with van der Waals surface area (Å²) in [5.41, 5.74) is 3.93. The van der Waals surface area contributed by atoms with Crippen LogP contribution in [-0.4, -0.2) is 58.7 Å². The van der Waals surface area contributed by atoms with Gasteiger partial charge in [-0.05, 0) is 56.1 Å². The number of oxime groups is 1. The highest BCUT2D eigenvalue weighted by atomic mass is 19.4. The molecular weight excluding hydrogens is 469 g/mol. The van der Waals surface area contributed by atoms with E-state index >= 15 is 0 Å². The summed E-state index contributed by atoms with van der Waals surface area (Å²) in [5, 5.41) is 4.08. The van der Waals surface area contributed by atoms with Crippen LogP contribution in [0.15, 0.2) is 53.9 Å². The van der Waals surface area contributed by atoms with Crippen molar-refractivity contribution in [2.75, 3.05) is 26.2 Å². The van der Waals surface area contributed by atoms with Crippen LogP contribution in [0.3, 0.4) is 0 Å². The summed E-state index contributed by atoms with van der Waals surface area (Å²) < 4.78 is 39.1. The summed E-state index contributed by atoms with van der Waals surface area (Å²) in [7, 11) is 0. The molecule has 0 radical (unpaired) electrons. The number of benzene rings is 1. The van der Waals surface area contributed by atoms with E-state index in [0.29, 0.717) is 12.2 Å². The van der Waals surface area contributed by atoms with Crippen molar-refractivity contribution in [3.05, 3.63) is 59.9 Å². The van der Waals surface area contributed by atoms with Gasteiger partial charge in [-0.25, -0.2) is 4.98 Å². The fourth-order valence-corrected chi connectivity index (χ4v) is 4.41. The van der Waals surface area contributed by atoms with Gasteiger partial charge in [-0.2, -0.15) is 13.2 Å². The molecule has 0 bridgehead atoms. The summed E-state index contributed by atoms with van der Waals surface area (Å²) in [5.74, 6) is -0.430. The number of pyridine rings is 1. The molecule has 0 aliphatic carbocycles. The predicted octanol–water partition coefficient (Wildman–Crippen LogP) is 5.68. The van der Waals surface area contributed by atoms with E-state index in [1.165, 1.54) is 32.4 Å². The van der Waals surface area contributed by atoms with Crippen molar-refractivity contribution >= 4 is 17.6 Å². The highest BCUT2D eigenvalue weighted by molar-refractivity contribution is 5.82. The number of Topliss-reactive ketones (excluding diaryl/α,β-unsaturated/α-hetero) is 1. The molecule has 1 aliphatic rings. The number of aromatic nitrogens is 2. The van der Waals surface area contributed by atoms with Crippen LogP contribution in [0.5, 0.6) is 0 Å². The minimum Gasteiger partial charge on any atom is -0.396 e. The first-order valence-corrected chi connectivity index (χ1v) is 12.4. The average molecular weight is 501 g/mol. The lowest BCUT2D eigenvalue weighted by Gasteiger charge is -2.25. The van der Waals surface area contributed by atoms with Crippen molar-refractivity contribution in [2.45, 2.75) is 51.1 Å². The van der Waals surface area contributed by atoms with Crippen LogP contribution in [0.4, 0.5) is 13.2 Å². The fourth-order valence-electron chi connectivity index (χ4n) is 4.41. The molecule has 1 fully saturated rings. The number of carbonyl (C=O) groups excluding carboxylic acids is 1. The lowest BCUT2D eigenvalue weighted by molar-refractivity contribution is -0.143. The zero-order chi connectivity index (χ0) is 25.4. The minimum atomic E-state index is -4.32. The quantitative estimate of drug-likeness (QED) is 0.193. The van der Waals surface area contributed by atoms with Crippen LogP contribution in [0, 0.1) is 0 Å². The predicted molar refractivity (Wildman–Crippen MR) is 133 cm³/mol. The Morgan fingerprint density at radius 1 is 1.14 bits per heavy atom. The molecule has 36 heavy (non-hydrogen) atoms. The zero-order valence-electron chi connectivity index (χ0n) is 20.2. The summed E-state index contributed by atoms with van der Waals surface area (Å²) in [6, 6.07) is 11.1. The Kier molecular flexibility index (Phi) is 8.74. The minimum absolute atomic E-state index is 0.0285. The van der Waals surface area contributed by atoms with E-state index < -0.39 is 24.8 Å². The first-order valence-electron chi connectivity index (χ1n) is 12.4. The Morgan fingerprint density at radius 2 is 1.97 bits per heavy atom. The largest absolute Gasteiger partial charge is 0.396 e. The number of alkyl halides is 3. The van der Waals surface area contributed by atoms with Gasteiger partial charge in [0.1, 0.15) is 18.0 Å². The van der Waals surface area contributed by atoms with E-state index in [4.69, 9.17) is 4.84 Å². The van der Waals surface area contributed by atoms with Gasteiger partial charge in [-0.3, -0.25) is 9.20 Å². The number of nitrogens with zero attached hydrogens (tertiary/aromatic N) is 4. The monoisotopic (exact) mass is 500 g/mol. The summed E-state index contributed by atoms with van der Waals surface area (Å²) >= 11 is 0. The number of likely N-dealkylation sites (tertiary alicyclic amines) is 1. The van der Waals surface area contributed by atoms with Crippen LogP contribution < -0.4 is 0 Å². The molecule has 9 heteroatoms. The second-order valence-corrected chi connectivity index (χ2v) is 9.19. The third-order valence-corrected chi connectivity index (χ3v) is 6.28. The summed E-state index contributed by atoms with van der Waals surface area (Å²) in [6.45, 7) is 3.99. The topological polar surface area (TPSA) is 59.2 Å². The Hall–Kier alpha value is -3.20. The van der Waals surface area contributed by atoms with E-state index in [9.17, 15) is 18.0 Å². The molecule has 0 amide bonds. The molecule has 1 aliphatic heterocycles. The molecule has 3 aromatic rings. The molecule has 0 atom stereocenters. The van der Waals surface area contributed by atoms with E-state index in [1.54, 1.807) is 24.5 Å². The maximum absolute atomic E-state index is 12.4. The number of halogens is 3. The molecule has 4 rings (SSSR count). The Morgan fingerprint density at radius 3 is 2.78 bits per heavy atom. The summed E-state index contributed by atoms with van der Waals surface area (Å²) in [6.07, 6.45) is 4.20. The van der Waals surface area contributed by atoms with Crippen molar-refractivity contribution in [2.24, 2.45) is 5.16 Å². The number of hydrogen-bond donors (Lipinski definition) is 0. The number of rotatable bonds is 11. The number of piperidine rings is 1. The lowest BCUT2D eigenvalue weighted by atomic mass is 10.0. The Labute approximate surface area is 208 Å². The fraction of sp³-hybridized carbons (Fsp3) is 0.444. The molecule has 0 saturated carbocycles. The maximum atomic E-state index is 12.4. The Bertz CT molecular complexity index is 1180. The highest BCUT2D eigenvalue weighted by Gasteiger charge is 2.27. The normalized spacial score (nSPS) is 15.1. The number of ketones is 1. The number of carbonyl (C=O) groups is 1. The molecule has 6 nitrogen and oxygen atoms in total. The van der Waals surface area contributed by atoms with Crippen LogP contribution in [-0.2, 0) is 16.1 Å². The molecule has 1 aromatic carbocycles. The first-order chi connectivity index (χ1) is 17.4. The third kappa shape index (κ3) is 7.65. The molecule has 0 N–H and O–H groups in total. The summed E-state index contributed by atoms with van der Waals surface area (Å²) in [4.78, 5) is 24.4. The van der Waals surface area contributed by atoms with E-state index in [0.717, 1.165) is 35.4 Å². The first kappa shape index (κ1) is 25.9. The van der Waals surface area contributed by atoms with Gasteiger partial charge in [-0.1, -0.05) is 29.8 Å². The molecule has 0 unspecified atom stereocenters. The number of imidazole rings is 1. The molecule has 3 heterocycles. The van der Waals surface area contributed by atoms with E-state index in [1.807, 2.05) is 34.9 Å². The van der Waals surface area contributed by atoms with Crippen molar-refractivity contribution in [3.8, 4) is 11.3 Å². The smallest absolute Gasteiger partial charge is 0.389 e. The average Bonchev–Trinajstić information content (AvgIpc) is 3.29. The van der Waals surface area contributed by atoms with Crippen molar-refractivity contribution < 1.29 is 22.8 Å². The van der Waals surface area contributed by atoms with Crippen LogP contribution in [0.2, 0.25) is 0 Å². The second kappa shape index (κ2) is 12.2. The number of fused-ring (bicyclic) bond motifs is 1. The molecule has 1 saturated heterocycles. The van der Waals surface area contributed by atoms with Gasteiger partial charge in [0.05, 0.1) is 24.5 Å². The van der Waals surface area contributed by atoms with Crippen molar-refractivity contribution in [1.29, 1.82) is 0 Å². The Balaban J connectivity index is 1.32. The highest BCUT2D eigenvalue weighted by Crippen LogP contribution is 2.24. The van der Waals surface area contributed by atoms with E-state index in [-0.39, 0.29) is 6.42 Å². The maximum Gasteiger partial charge on any atom is 0.389 e. The third-order valence-electron chi connectivity index (χ3n) is 6.28. The van der Waals surface area contributed by atoms with Crippen molar-refractivity contribution in [1.82, 2.24) is 14.3 Å². The SMILES string of the molecule is O=C(CCC(F)(F)F)Cc1cccc(-c2cnc3cc(/C=N/OCCCN4CCCCC4)ccn23)c1. The van der Waals surface area contributed by atoms with Gasteiger partial charge in [0.2, 0.25) is 0 Å². The van der Waals surface area contributed by atoms with E-state index in [2.05, 4.69) is 15.0 Å². The lowest BCUT2D eigenvalue weighted by Crippen LogP contribution is -2.31. The van der Waals surface area contributed by atoms with Gasteiger partial charge in [0.25, 0.3) is 0 Å². The van der Waals surface area contributed by atoms with Crippen molar-refractivity contribution in [3.63, 3.8) is 0 Å². The standard InChI is InChI=1S/C27H31F3N4O2/c28-27(29,30)10-8-24(35)17-21-6-4-7-23(16-21)25-20-31-26-18-22(9-14-34(25)26)19-32-36-15-5-13-33-11-2-1-3-12-33/h4,6-7,9,14,16,18-20H,1-3,5,8,10-13,15,17H2/b32-19+. The van der Waals surface area contributed by atoms with Gasteiger partial charge in [-0.15, -0.1) is 0 Å². The molecule has 192 valence electrons. The van der Waals surface area contributed by atoms with Crippen LogP contribution in [0.25, 0.3) is 16.9 Å². The molecule has 0 spiro atoms. The van der Waals surface area contributed by atoms with Gasteiger partial charge in [0.15, 0.2) is 0 Å². The van der Waals surface area contributed by atoms with Gasteiger partial charge >= 0.3 is 6.18 Å². The second-order valence-electron chi connectivity index (χ2n) is 9.19. The van der Waals surface area contributed by atoms with Gasteiger partial charge in [0, 0.05) is 36.7 Å². The molecular formula is C27H31F3N4O2. The number of hydrogen-bond acceptors (Lipinski definition) is 5. The zero-order valence-corrected chi connectivity index (χ0v) is 20.2. The van der Waals surface area contributed by atoms with Crippen LogP contribution >= 0.6 is 0 Å². The van der Waals surface area contributed by atoms with Crippen LogP contribution in [0.1, 0.15) is 49.7 Å². The molecule has 2 aromatic heterocycles.